The summed E-state index contributed by atoms with van der Waals surface area (Å²) in [6.45, 7) is 0.393. The number of alkyl halides is 3. The van der Waals surface area contributed by atoms with Gasteiger partial charge in [0, 0.05) is 19.6 Å². The minimum atomic E-state index is -4.14. The number of carboxylic acid groups (broad SMARTS) is 1. The smallest absolute Gasteiger partial charge is 0.390 e. The number of halogens is 3. The van der Waals surface area contributed by atoms with E-state index in [1.54, 1.807) is 0 Å². The summed E-state index contributed by atoms with van der Waals surface area (Å²) in [7, 11) is 0. The first-order valence-electron chi connectivity index (χ1n) is 3.90. The third kappa shape index (κ3) is 3.22. The van der Waals surface area contributed by atoms with E-state index >= 15 is 0 Å². The lowest BCUT2D eigenvalue weighted by Crippen LogP contribution is -2.51. The van der Waals surface area contributed by atoms with Gasteiger partial charge in [-0.1, -0.05) is 0 Å². The molecule has 1 heterocycles. The fraction of sp³-hybridized carbons (Fsp3) is 0.857. The highest BCUT2D eigenvalue weighted by molar-refractivity contribution is 5.71. The molecule has 0 amide bonds. The molecule has 1 fully saturated rings. The molecule has 6 heteroatoms. The molecule has 3 nitrogen and oxygen atoms in total. The lowest BCUT2D eigenvalue weighted by molar-refractivity contribution is -0.152. The Morgan fingerprint density at radius 3 is 2.38 bits per heavy atom. The zero-order valence-electron chi connectivity index (χ0n) is 6.84. The summed E-state index contributed by atoms with van der Waals surface area (Å²) in [6.07, 6.45) is -5.01. The average Bonchev–Trinajstić information content (AvgIpc) is 1.79. The Balaban J connectivity index is 2.12. The quantitative estimate of drug-likeness (QED) is 0.732. The number of nitrogens with zero attached hydrogens (tertiary/aromatic N) is 1. The summed E-state index contributed by atoms with van der Waals surface area (Å²) >= 11 is 0. The Bertz CT molecular complexity index is 198. The topological polar surface area (TPSA) is 40.5 Å². The third-order valence-electron chi connectivity index (χ3n) is 2.02. The normalized spacial score (nSPS) is 19.9. The monoisotopic (exact) mass is 197 g/mol. The van der Waals surface area contributed by atoms with Crippen LogP contribution in [0.4, 0.5) is 13.2 Å². The van der Waals surface area contributed by atoms with Crippen molar-refractivity contribution in [3.8, 4) is 0 Å². The maximum Gasteiger partial charge on any atom is 0.390 e. The molecule has 1 saturated heterocycles. The van der Waals surface area contributed by atoms with Crippen molar-refractivity contribution in [3.63, 3.8) is 0 Å². The van der Waals surface area contributed by atoms with Crippen molar-refractivity contribution in [1.29, 1.82) is 0 Å². The second kappa shape index (κ2) is 3.53. The van der Waals surface area contributed by atoms with Crippen molar-refractivity contribution in [2.24, 2.45) is 5.92 Å². The van der Waals surface area contributed by atoms with E-state index in [1.807, 2.05) is 0 Å². The van der Waals surface area contributed by atoms with Crippen LogP contribution in [0.5, 0.6) is 0 Å². The predicted octanol–water partition coefficient (Wildman–Crippen LogP) is 0.955. The highest BCUT2D eigenvalue weighted by Crippen LogP contribution is 2.23. The molecule has 1 rings (SSSR count). The highest BCUT2D eigenvalue weighted by Gasteiger charge is 2.35. The minimum absolute atomic E-state index is 0.0900. The first-order chi connectivity index (χ1) is 5.88. The van der Waals surface area contributed by atoms with Crippen LogP contribution in [0.1, 0.15) is 6.42 Å². The van der Waals surface area contributed by atoms with Crippen LogP contribution in [0.15, 0.2) is 0 Å². The van der Waals surface area contributed by atoms with Gasteiger partial charge in [0.2, 0.25) is 0 Å². The Morgan fingerprint density at radius 1 is 1.46 bits per heavy atom. The Morgan fingerprint density at radius 2 is 2.00 bits per heavy atom. The van der Waals surface area contributed by atoms with E-state index in [9.17, 15) is 18.0 Å². The van der Waals surface area contributed by atoms with Crippen molar-refractivity contribution in [1.82, 2.24) is 4.90 Å². The molecule has 0 atom stereocenters. The Labute approximate surface area is 73.1 Å². The summed E-state index contributed by atoms with van der Waals surface area (Å²) in [6, 6.07) is 0. The van der Waals surface area contributed by atoms with Crippen LogP contribution in [0, 0.1) is 5.92 Å². The van der Waals surface area contributed by atoms with Crippen molar-refractivity contribution in [2.75, 3.05) is 19.6 Å². The zero-order valence-corrected chi connectivity index (χ0v) is 6.84. The maximum atomic E-state index is 11.7. The Hall–Kier alpha value is -0.780. The van der Waals surface area contributed by atoms with Crippen LogP contribution in [-0.2, 0) is 4.79 Å². The molecule has 76 valence electrons. The molecule has 0 aromatic rings. The Kier molecular flexibility index (Phi) is 2.80. The molecular weight excluding hydrogens is 187 g/mol. The van der Waals surface area contributed by atoms with E-state index < -0.39 is 24.5 Å². The van der Waals surface area contributed by atoms with Gasteiger partial charge in [-0.15, -0.1) is 0 Å². The summed E-state index contributed by atoms with van der Waals surface area (Å²) in [5, 5.41) is 8.43. The number of hydrogen-bond acceptors (Lipinski definition) is 2. The summed E-state index contributed by atoms with van der Waals surface area (Å²) in [5.74, 6) is -1.41. The van der Waals surface area contributed by atoms with Crippen LogP contribution in [-0.4, -0.2) is 41.8 Å². The van der Waals surface area contributed by atoms with Crippen LogP contribution in [0.2, 0.25) is 0 Å². The summed E-state index contributed by atoms with van der Waals surface area (Å²) in [5.41, 5.74) is 0. The van der Waals surface area contributed by atoms with E-state index in [-0.39, 0.29) is 19.6 Å². The van der Waals surface area contributed by atoms with Crippen LogP contribution in [0.3, 0.4) is 0 Å². The number of carbonyl (C=O) groups is 1. The maximum absolute atomic E-state index is 11.7. The van der Waals surface area contributed by atoms with Crippen molar-refractivity contribution in [2.45, 2.75) is 12.6 Å². The number of likely N-dealkylation sites (tertiary alicyclic amines) is 1. The SMILES string of the molecule is O=C(O)C1CN(CCC(F)(F)F)C1. The lowest BCUT2D eigenvalue weighted by atomic mass is 10.0. The predicted molar refractivity (Wildman–Crippen MR) is 38.2 cm³/mol. The van der Waals surface area contributed by atoms with Crippen LogP contribution >= 0.6 is 0 Å². The molecule has 13 heavy (non-hydrogen) atoms. The highest BCUT2D eigenvalue weighted by atomic mass is 19.4. The lowest BCUT2D eigenvalue weighted by Gasteiger charge is -2.36. The number of hydrogen-bond donors (Lipinski definition) is 1. The molecule has 1 N–H and O–H groups in total. The van der Waals surface area contributed by atoms with Crippen molar-refractivity contribution < 1.29 is 23.1 Å². The van der Waals surface area contributed by atoms with Gasteiger partial charge in [-0.05, 0) is 0 Å². The van der Waals surface area contributed by atoms with Gasteiger partial charge in [0.25, 0.3) is 0 Å². The number of carboxylic acids is 1. The molecular formula is C7H10F3NO2. The third-order valence-corrected chi connectivity index (χ3v) is 2.02. The molecule has 0 saturated carbocycles. The summed E-state index contributed by atoms with van der Waals surface area (Å²) in [4.78, 5) is 11.8. The molecule has 1 aliphatic rings. The van der Waals surface area contributed by atoms with Gasteiger partial charge in [-0.2, -0.15) is 13.2 Å². The van der Waals surface area contributed by atoms with Gasteiger partial charge in [-0.25, -0.2) is 0 Å². The molecule has 0 aliphatic carbocycles. The molecule has 1 aliphatic heterocycles. The second-order valence-corrected chi connectivity index (χ2v) is 3.16. The second-order valence-electron chi connectivity index (χ2n) is 3.16. The molecule has 0 unspecified atom stereocenters. The van der Waals surface area contributed by atoms with Gasteiger partial charge in [0.05, 0.1) is 12.3 Å². The molecule has 0 spiro atoms. The minimum Gasteiger partial charge on any atom is -0.481 e. The van der Waals surface area contributed by atoms with Crippen LogP contribution < -0.4 is 0 Å². The van der Waals surface area contributed by atoms with Crippen LogP contribution in [0.25, 0.3) is 0 Å². The van der Waals surface area contributed by atoms with E-state index in [2.05, 4.69) is 0 Å². The van der Waals surface area contributed by atoms with Crippen molar-refractivity contribution >= 4 is 5.97 Å². The largest absolute Gasteiger partial charge is 0.481 e. The van der Waals surface area contributed by atoms with Gasteiger partial charge in [0.15, 0.2) is 0 Å². The summed E-state index contributed by atoms with van der Waals surface area (Å²) < 4.78 is 35.1. The van der Waals surface area contributed by atoms with Gasteiger partial charge in [0.1, 0.15) is 0 Å². The fourth-order valence-electron chi connectivity index (χ4n) is 1.19. The van der Waals surface area contributed by atoms with Crippen molar-refractivity contribution in [3.05, 3.63) is 0 Å². The van der Waals surface area contributed by atoms with E-state index in [4.69, 9.17) is 5.11 Å². The van der Waals surface area contributed by atoms with E-state index in [0.717, 1.165) is 0 Å². The average molecular weight is 197 g/mol. The van der Waals surface area contributed by atoms with E-state index in [1.165, 1.54) is 4.90 Å². The number of aliphatic carboxylic acids is 1. The van der Waals surface area contributed by atoms with E-state index in [0.29, 0.717) is 0 Å². The first kappa shape index (κ1) is 10.3. The molecule has 0 aromatic carbocycles. The van der Waals surface area contributed by atoms with Gasteiger partial charge >= 0.3 is 12.1 Å². The fourth-order valence-corrected chi connectivity index (χ4v) is 1.19. The zero-order chi connectivity index (χ0) is 10.1. The van der Waals surface area contributed by atoms with Gasteiger partial charge in [-0.3, -0.25) is 4.79 Å². The number of rotatable bonds is 3. The molecule has 0 bridgehead atoms. The standard InChI is InChI=1S/C7H10F3NO2/c8-7(9,10)1-2-11-3-5(4-11)6(12)13/h5H,1-4H2,(H,12,13). The molecule has 0 radical (unpaired) electrons. The molecule has 0 aromatic heterocycles. The van der Waals surface area contributed by atoms with Gasteiger partial charge < -0.3 is 10.0 Å². The first-order valence-corrected chi connectivity index (χ1v) is 3.90.